The number of benzene rings is 1. The van der Waals surface area contributed by atoms with Crippen molar-refractivity contribution >= 4 is 35.9 Å². The molecule has 0 atom stereocenters. The summed E-state index contributed by atoms with van der Waals surface area (Å²) >= 11 is 5.85. The summed E-state index contributed by atoms with van der Waals surface area (Å²) in [5.41, 5.74) is 0.910. The molecule has 1 saturated heterocycles. The summed E-state index contributed by atoms with van der Waals surface area (Å²) in [6.45, 7) is 1.97. The first-order valence-corrected chi connectivity index (χ1v) is 8.15. The smallest absolute Gasteiger partial charge is 0.231 e. The number of nitrogens with zero attached hydrogens (tertiary/aromatic N) is 3. The first-order chi connectivity index (χ1) is 11.1. The summed E-state index contributed by atoms with van der Waals surface area (Å²) in [4.78, 5) is 16.7. The van der Waals surface area contributed by atoms with Crippen molar-refractivity contribution in [3.63, 3.8) is 0 Å². The third-order valence-electron chi connectivity index (χ3n) is 4.01. The number of aromatic nitrogens is 3. The molecule has 3 rings (SSSR count). The molecule has 2 N–H and O–H groups in total. The Labute approximate surface area is 152 Å². The Kier molecular flexibility index (Phi) is 6.60. The number of anilines is 1. The zero-order valence-corrected chi connectivity index (χ0v) is 15.0. The van der Waals surface area contributed by atoms with Crippen molar-refractivity contribution in [2.45, 2.75) is 25.2 Å². The molecule has 0 radical (unpaired) electrons. The monoisotopic (exact) mass is 369 g/mol. The van der Waals surface area contributed by atoms with Crippen LogP contribution >= 0.6 is 24.0 Å². The molecule has 0 bridgehead atoms. The maximum absolute atomic E-state index is 12.2. The minimum absolute atomic E-state index is 0. The minimum Gasteiger partial charge on any atom is -0.317 e. The van der Waals surface area contributed by atoms with Crippen molar-refractivity contribution in [2.75, 3.05) is 18.4 Å². The summed E-state index contributed by atoms with van der Waals surface area (Å²) in [5.74, 6) is 1.57. The lowest BCUT2D eigenvalue weighted by Gasteiger charge is -2.19. The highest BCUT2D eigenvalue weighted by Gasteiger charge is 2.21. The van der Waals surface area contributed by atoms with Crippen molar-refractivity contribution in [1.82, 2.24) is 20.1 Å². The lowest BCUT2D eigenvalue weighted by molar-refractivity contribution is -0.115. The van der Waals surface area contributed by atoms with Crippen LogP contribution in [0.2, 0.25) is 5.02 Å². The molecule has 2 aromatic rings. The van der Waals surface area contributed by atoms with Crippen LogP contribution in [0.3, 0.4) is 0 Å². The molecule has 1 amide bonds. The van der Waals surface area contributed by atoms with Crippen molar-refractivity contribution in [1.29, 1.82) is 0 Å². The molecule has 24 heavy (non-hydrogen) atoms. The van der Waals surface area contributed by atoms with Gasteiger partial charge in [-0.25, -0.2) is 4.68 Å². The number of nitrogens with one attached hydrogen (secondary N) is 2. The van der Waals surface area contributed by atoms with Crippen LogP contribution in [0.1, 0.15) is 30.1 Å². The fourth-order valence-corrected chi connectivity index (χ4v) is 2.85. The molecule has 1 fully saturated rings. The normalized spacial score (nSPS) is 14.9. The quantitative estimate of drug-likeness (QED) is 0.868. The average Bonchev–Trinajstić information content (AvgIpc) is 2.91. The van der Waals surface area contributed by atoms with Crippen LogP contribution in [-0.2, 0) is 18.3 Å². The SMILES string of the molecule is Cl.Cn1nc(C2CCNCC2)nc1NC(=O)Cc1ccc(Cl)cc1. The largest absolute Gasteiger partial charge is 0.317 e. The zero-order valence-electron chi connectivity index (χ0n) is 13.5. The number of hydrogen-bond acceptors (Lipinski definition) is 4. The van der Waals surface area contributed by atoms with Gasteiger partial charge in [0.25, 0.3) is 0 Å². The van der Waals surface area contributed by atoms with Gasteiger partial charge in [0.15, 0.2) is 5.82 Å². The highest BCUT2D eigenvalue weighted by molar-refractivity contribution is 6.30. The lowest BCUT2D eigenvalue weighted by atomic mass is 9.98. The van der Waals surface area contributed by atoms with Crippen LogP contribution in [0.25, 0.3) is 0 Å². The molecule has 1 aromatic carbocycles. The Morgan fingerprint density at radius 1 is 1.33 bits per heavy atom. The van der Waals surface area contributed by atoms with Crippen LogP contribution in [0.15, 0.2) is 24.3 Å². The number of halogens is 2. The minimum atomic E-state index is -0.111. The van der Waals surface area contributed by atoms with Gasteiger partial charge in [-0.1, -0.05) is 23.7 Å². The molecule has 0 unspecified atom stereocenters. The first kappa shape index (κ1) is 18.7. The van der Waals surface area contributed by atoms with E-state index in [1.54, 1.807) is 23.9 Å². The van der Waals surface area contributed by atoms with Gasteiger partial charge in [0, 0.05) is 18.0 Å². The van der Waals surface area contributed by atoms with Crippen LogP contribution in [0.4, 0.5) is 5.95 Å². The van der Waals surface area contributed by atoms with Gasteiger partial charge in [-0.2, -0.15) is 10.1 Å². The van der Waals surface area contributed by atoms with Gasteiger partial charge in [0.2, 0.25) is 11.9 Å². The Hall–Kier alpha value is -1.63. The number of carbonyl (C=O) groups excluding carboxylic acids is 1. The second kappa shape index (κ2) is 8.46. The van der Waals surface area contributed by atoms with Gasteiger partial charge in [-0.3, -0.25) is 10.1 Å². The topological polar surface area (TPSA) is 71.8 Å². The molecule has 1 aliphatic heterocycles. The molecular formula is C16H21Cl2N5O. The van der Waals surface area contributed by atoms with Gasteiger partial charge < -0.3 is 5.32 Å². The van der Waals surface area contributed by atoms with E-state index in [0.717, 1.165) is 37.3 Å². The fraction of sp³-hybridized carbons (Fsp3) is 0.438. The summed E-state index contributed by atoms with van der Waals surface area (Å²) in [7, 11) is 1.80. The van der Waals surface area contributed by atoms with E-state index in [1.165, 1.54) is 0 Å². The average molecular weight is 370 g/mol. The molecule has 1 aliphatic rings. The van der Waals surface area contributed by atoms with Gasteiger partial charge in [0.05, 0.1) is 6.42 Å². The third kappa shape index (κ3) is 4.69. The number of piperidine rings is 1. The zero-order chi connectivity index (χ0) is 16.2. The number of amides is 1. The fourth-order valence-electron chi connectivity index (χ4n) is 2.72. The standard InChI is InChI=1S/C16H20ClN5O.ClH/c1-22-16(20-15(21-22)12-6-8-18-9-7-12)19-14(23)10-11-2-4-13(17)5-3-11;/h2-5,12,18H,6-10H2,1H3,(H,19,20,21,23);1H. The van der Waals surface area contributed by atoms with Crippen LogP contribution < -0.4 is 10.6 Å². The number of hydrogen-bond donors (Lipinski definition) is 2. The van der Waals surface area contributed by atoms with E-state index in [2.05, 4.69) is 20.7 Å². The molecule has 0 aliphatic carbocycles. The Balaban J connectivity index is 0.00000208. The molecule has 0 spiro atoms. The van der Waals surface area contributed by atoms with Crippen LogP contribution in [0, 0.1) is 0 Å². The summed E-state index contributed by atoms with van der Waals surface area (Å²) < 4.78 is 1.64. The predicted octanol–water partition coefficient (Wildman–Crippen LogP) is 2.54. The van der Waals surface area contributed by atoms with E-state index in [9.17, 15) is 4.79 Å². The van der Waals surface area contributed by atoms with Gasteiger partial charge >= 0.3 is 0 Å². The van der Waals surface area contributed by atoms with Crippen LogP contribution in [-0.4, -0.2) is 33.8 Å². The molecule has 6 nitrogen and oxygen atoms in total. The molecular weight excluding hydrogens is 349 g/mol. The van der Waals surface area contributed by atoms with E-state index < -0.39 is 0 Å². The highest BCUT2D eigenvalue weighted by Crippen LogP contribution is 2.23. The van der Waals surface area contributed by atoms with E-state index >= 15 is 0 Å². The maximum Gasteiger partial charge on any atom is 0.231 e. The Bertz CT molecular complexity index is 680. The third-order valence-corrected chi connectivity index (χ3v) is 4.26. The summed E-state index contributed by atoms with van der Waals surface area (Å²) in [6.07, 6.45) is 2.34. The van der Waals surface area contributed by atoms with Crippen LogP contribution in [0.5, 0.6) is 0 Å². The van der Waals surface area contributed by atoms with Crippen molar-refractivity contribution in [2.24, 2.45) is 7.05 Å². The molecule has 8 heteroatoms. The van der Waals surface area contributed by atoms with E-state index in [-0.39, 0.29) is 24.7 Å². The summed E-state index contributed by atoms with van der Waals surface area (Å²) in [5, 5.41) is 11.3. The van der Waals surface area contributed by atoms with E-state index in [4.69, 9.17) is 11.6 Å². The second-order valence-corrected chi connectivity index (χ2v) is 6.23. The van der Waals surface area contributed by atoms with Gasteiger partial charge in [0.1, 0.15) is 0 Å². The lowest BCUT2D eigenvalue weighted by Crippen LogP contribution is -2.27. The van der Waals surface area contributed by atoms with Gasteiger partial charge in [-0.15, -0.1) is 12.4 Å². The Morgan fingerprint density at radius 3 is 2.67 bits per heavy atom. The molecule has 0 saturated carbocycles. The molecule has 130 valence electrons. The molecule has 2 heterocycles. The summed E-state index contributed by atoms with van der Waals surface area (Å²) in [6, 6.07) is 7.25. The van der Waals surface area contributed by atoms with Crippen molar-refractivity contribution in [3.8, 4) is 0 Å². The predicted molar refractivity (Wildman–Crippen MR) is 96.9 cm³/mol. The second-order valence-electron chi connectivity index (χ2n) is 5.79. The van der Waals surface area contributed by atoms with E-state index in [1.807, 2.05) is 12.1 Å². The maximum atomic E-state index is 12.2. The van der Waals surface area contributed by atoms with Crippen molar-refractivity contribution < 1.29 is 4.79 Å². The van der Waals surface area contributed by atoms with Gasteiger partial charge in [-0.05, 0) is 43.6 Å². The number of rotatable bonds is 4. The number of aryl methyl sites for hydroxylation is 1. The molecule has 1 aromatic heterocycles. The Morgan fingerprint density at radius 2 is 2.00 bits per heavy atom. The highest BCUT2D eigenvalue weighted by atomic mass is 35.5. The van der Waals surface area contributed by atoms with Crippen molar-refractivity contribution in [3.05, 3.63) is 40.7 Å². The van der Waals surface area contributed by atoms with E-state index in [0.29, 0.717) is 16.9 Å². The first-order valence-electron chi connectivity index (χ1n) is 7.78. The number of carbonyl (C=O) groups is 1.